The highest BCUT2D eigenvalue weighted by atomic mass is 35.5. The van der Waals surface area contributed by atoms with E-state index in [1.54, 1.807) is 30.2 Å². The molecule has 7 heteroatoms. The Morgan fingerprint density at radius 2 is 2.05 bits per heavy atom. The van der Waals surface area contributed by atoms with Crippen LogP contribution in [0.15, 0.2) is 24.3 Å². The molecule has 1 amide bonds. The number of thiazole rings is 1. The summed E-state index contributed by atoms with van der Waals surface area (Å²) in [5.41, 5.74) is 6.54. The highest BCUT2D eigenvalue weighted by molar-refractivity contribution is 7.18. The normalized spacial score (nSPS) is 11.3. The van der Waals surface area contributed by atoms with Gasteiger partial charge in [-0.1, -0.05) is 12.1 Å². The van der Waals surface area contributed by atoms with Gasteiger partial charge in [-0.15, -0.1) is 36.2 Å². The van der Waals surface area contributed by atoms with Crippen LogP contribution in [0.5, 0.6) is 0 Å². The predicted molar refractivity (Wildman–Crippen MR) is 84.2 cm³/mol. The van der Waals surface area contributed by atoms with Gasteiger partial charge in [-0.25, -0.2) is 4.98 Å². The largest absolute Gasteiger partial charge is 0.338 e. The third-order valence-electron chi connectivity index (χ3n) is 2.48. The van der Waals surface area contributed by atoms with Crippen molar-refractivity contribution in [1.29, 1.82) is 0 Å². The van der Waals surface area contributed by atoms with Crippen molar-refractivity contribution in [3.05, 3.63) is 29.3 Å². The summed E-state index contributed by atoms with van der Waals surface area (Å²) in [6.07, 6.45) is 0. The van der Waals surface area contributed by atoms with Gasteiger partial charge in [0.05, 0.1) is 22.8 Å². The number of carbonyl (C=O) groups excluding carboxylic acids is 1. The van der Waals surface area contributed by atoms with Gasteiger partial charge >= 0.3 is 0 Å². The lowest BCUT2D eigenvalue weighted by molar-refractivity contribution is -0.131. The van der Waals surface area contributed by atoms with E-state index < -0.39 is 6.04 Å². The Kier molecular flexibility index (Phi) is 7.29. The molecule has 1 aromatic heterocycles. The number of hydrogen-bond acceptors (Lipinski definition) is 4. The number of hydrogen-bond donors (Lipinski definition) is 1. The fraction of sp³-hybridized carbons (Fsp3) is 0.333. The van der Waals surface area contributed by atoms with Crippen LogP contribution >= 0.6 is 36.2 Å². The number of para-hydroxylation sites is 1. The van der Waals surface area contributed by atoms with Crippen molar-refractivity contribution < 1.29 is 4.79 Å². The van der Waals surface area contributed by atoms with E-state index in [0.717, 1.165) is 15.2 Å². The number of aromatic nitrogens is 1. The van der Waals surface area contributed by atoms with Gasteiger partial charge < -0.3 is 10.6 Å². The number of nitrogens with two attached hydrogens (primary N) is 1. The summed E-state index contributed by atoms with van der Waals surface area (Å²) in [7, 11) is 1.75. The van der Waals surface area contributed by atoms with Crippen molar-refractivity contribution in [2.45, 2.75) is 19.5 Å². The van der Waals surface area contributed by atoms with Crippen LogP contribution in [0, 0.1) is 0 Å². The smallest absolute Gasteiger partial charge is 0.239 e. The molecule has 0 aliphatic carbocycles. The minimum Gasteiger partial charge on any atom is -0.338 e. The summed E-state index contributed by atoms with van der Waals surface area (Å²) in [5.74, 6) is -0.0655. The van der Waals surface area contributed by atoms with Crippen molar-refractivity contribution in [2.24, 2.45) is 5.73 Å². The summed E-state index contributed by atoms with van der Waals surface area (Å²) in [4.78, 5) is 17.7. The molecule has 0 aliphatic heterocycles. The first-order valence-corrected chi connectivity index (χ1v) is 6.24. The first kappa shape index (κ1) is 18.1. The van der Waals surface area contributed by atoms with Gasteiger partial charge in [-0.2, -0.15) is 0 Å². The second kappa shape index (κ2) is 7.65. The molecule has 2 aromatic rings. The molecule has 2 N–H and O–H groups in total. The van der Waals surface area contributed by atoms with Gasteiger partial charge in [0.25, 0.3) is 0 Å². The number of amides is 1. The summed E-state index contributed by atoms with van der Waals surface area (Å²) in [6, 6.07) is 7.49. The Morgan fingerprint density at radius 3 is 2.63 bits per heavy atom. The maximum absolute atomic E-state index is 11.6. The van der Waals surface area contributed by atoms with Crippen molar-refractivity contribution in [2.75, 3.05) is 7.05 Å². The Balaban J connectivity index is 0.00000162. The number of fused-ring (bicyclic) bond motifs is 1. The number of halogens is 2. The number of rotatable bonds is 3. The summed E-state index contributed by atoms with van der Waals surface area (Å²) >= 11 is 1.61. The second-order valence-electron chi connectivity index (χ2n) is 4.06. The zero-order valence-electron chi connectivity index (χ0n) is 10.7. The molecule has 1 atom stereocenters. The lowest BCUT2D eigenvalue weighted by Crippen LogP contribution is -2.39. The fourth-order valence-corrected chi connectivity index (χ4v) is 2.64. The van der Waals surface area contributed by atoms with Crippen molar-refractivity contribution >= 4 is 52.3 Å². The summed E-state index contributed by atoms with van der Waals surface area (Å²) in [5, 5.41) is 0.933. The molecule has 0 saturated heterocycles. The van der Waals surface area contributed by atoms with Gasteiger partial charge in [0.2, 0.25) is 5.91 Å². The average Bonchev–Trinajstić information content (AvgIpc) is 2.69. The maximum atomic E-state index is 11.6. The first-order valence-electron chi connectivity index (χ1n) is 5.43. The SMILES string of the molecule is C[C@@H](N)C(=O)N(C)Cc1nc2ccccc2s1.Cl.Cl. The molecule has 2 rings (SSSR count). The van der Waals surface area contributed by atoms with Gasteiger partial charge in [0, 0.05) is 7.05 Å². The molecule has 0 unspecified atom stereocenters. The van der Waals surface area contributed by atoms with Gasteiger partial charge in [-0.05, 0) is 19.1 Å². The maximum Gasteiger partial charge on any atom is 0.239 e. The molecular weight excluding hydrogens is 305 g/mol. The Labute approximate surface area is 128 Å². The van der Waals surface area contributed by atoms with Crippen LogP contribution in [-0.2, 0) is 11.3 Å². The van der Waals surface area contributed by atoms with Crippen LogP contribution in [0.1, 0.15) is 11.9 Å². The summed E-state index contributed by atoms with van der Waals surface area (Å²) in [6.45, 7) is 2.21. The van der Waals surface area contributed by atoms with Gasteiger partial charge in [0.15, 0.2) is 0 Å². The Hall–Kier alpha value is -0.880. The van der Waals surface area contributed by atoms with E-state index in [1.807, 2.05) is 24.3 Å². The molecule has 19 heavy (non-hydrogen) atoms. The molecule has 4 nitrogen and oxygen atoms in total. The lowest BCUT2D eigenvalue weighted by atomic mass is 10.3. The molecule has 0 fully saturated rings. The molecule has 1 heterocycles. The summed E-state index contributed by atoms with van der Waals surface area (Å²) < 4.78 is 1.14. The number of nitrogens with zero attached hydrogens (tertiary/aromatic N) is 2. The first-order chi connectivity index (χ1) is 8.08. The third-order valence-corrected chi connectivity index (χ3v) is 3.50. The van der Waals surface area contributed by atoms with Crippen LogP contribution in [0.25, 0.3) is 10.2 Å². The second-order valence-corrected chi connectivity index (χ2v) is 5.17. The van der Waals surface area contributed by atoms with E-state index >= 15 is 0 Å². The zero-order valence-corrected chi connectivity index (χ0v) is 13.1. The Bertz CT molecular complexity index is 512. The molecule has 0 aliphatic rings. The van der Waals surface area contributed by atoms with E-state index in [2.05, 4.69) is 4.98 Å². The van der Waals surface area contributed by atoms with E-state index in [4.69, 9.17) is 5.73 Å². The minimum atomic E-state index is -0.464. The van der Waals surface area contributed by atoms with E-state index in [0.29, 0.717) is 6.54 Å². The van der Waals surface area contributed by atoms with Crippen LogP contribution in [-0.4, -0.2) is 28.9 Å². The quantitative estimate of drug-likeness (QED) is 0.944. The molecular formula is C12H17Cl2N3OS. The van der Waals surface area contributed by atoms with Crippen molar-refractivity contribution in [3.63, 3.8) is 0 Å². The van der Waals surface area contributed by atoms with E-state index in [1.165, 1.54) is 0 Å². The Morgan fingerprint density at radius 1 is 1.42 bits per heavy atom. The standard InChI is InChI=1S/C12H15N3OS.2ClH/c1-8(13)12(16)15(2)7-11-14-9-5-3-4-6-10(9)17-11;;/h3-6,8H,7,13H2,1-2H3;2*1H/t8-;;/m1../s1. The molecule has 1 aromatic carbocycles. The van der Waals surface area contributed by atoms with Crippen LogP contribution in [0.4, 0.5) is 0 Å². The fourth-order valence-electron chi connectivity index (χ4n) is 1.62. The number of benzene rings is 1. The van der Waals surface area contributed by atoms with Crippen LogP contribution < -0.4 is 5.73 Å². The molecule has 0 radical (unpaired) electrons. The lowest BCUT2D eigenvalue weighted by Gasteiger charge is -2.17. The molecule has 0 bridgehead atoms. The van der Waals surface area contributed by atoms with Crippen LogP contribution in [0.3, 0.4) is 0 Å². The molecule has 0 saturated carbocycles. The predicted octanol–water partition coefficient (Wildman–Crippen LogP) is 2.45. The average molecular weight is 322 g/mol. The molecule has 0 spiro atoms. The zero-order chi connectivity index (χ0) is 12.4. The monoisotopic (exact) mass is 321 g/mol. The van der Waals surface area contributed by atoms with Gasteiger partial charge in [0.1, 0.15) is 5.01 Å². The third kappa shape index (κ3) is 4.31. The van der Waals surface area contributed by atoms with E-state index in [-0.39, 0.29) is 30.7 Å². The minimum absolute atomic E-state index is 0. The van der Waals surface area contributed by atoms with Crippen molar-refractivity contribution in [1.82, 2.24) is 9.88 Å². The molecule has 106 valence electrons. The highest BCUT2D eigenvalue weighted by Crippen LogP contribution is 2.22. The topological polar surface area (TPSA) is 59.2 Å². The van der Waals surface area contributed by atoms with Crippen molar-refractivity contribution in [3.8, 4) is 0 Å². The van der Waals surface area contributed by atoms with E-state index in [9.17, 15) is 4.79 Å². The number of carbonyl (C=O) groups is 1. The van der Waals surface area contributed by atoms with Gasteiger partial charge in [-0.3, -0.25) is 4.79 Å². The highest BCUT2D eigenvalue weighted by Gasteiger charge is 2.15. The van der Waals surface area contributed by atoms with Crippen LogP contribution in [0.2, 0.25) is 0 Å². The number of likely N-dealkylation sites (N-methyl/N-ethyl adjacent to an activating group) is 1.